The van der Waals surface area contributed by atoms with Crippen molar-refractivity contribution in [3.63, 3.8) is 0 Å². The van der Waals surface area contributed by atoms with E-state index in [0.29, 0.717) is 5.69 Å². The van der Waals surface area contributed by atoms with Crippen molar-refractivity contribution in [1.29, 1.82) is 0 Å². The third-order valence-corrected chi connectivity index (χ3v) is 5.38. The molecule has 1 aromatic rings. The van der Waals surface area contributed by atoms with E-state index in [2.05, 4.69) is 43.5 Å². The van der Waals surface area contributed by atoms with E-state index < -0.39 is 60.2 Å². The molecular weight excluding hydrogens is 510 g/mol. The number of aliphatic carboxylic acids is 2. The van der Waals surface area contributed by atoms with Crippen molar-refractivity contribution >= 4 is 48.2 Å². The van der Waals surface area contributed by atoms with E-state index in [-0.39, 0.29) is 43.9 Å². The van der Waals surface area contributed by atoms with Crippen LogP contribution in [0.1, 0.15) is 31.4 Å². The maximum absolute atomic E-state index is 13.0. The van der Waals surface area contributed by atoms with Crippen molar-refractivity contribution in [2.75, 3.05) is 12.3 Å². The Kier molecular flexibility index (Phi) is 13.5. The van der Waals surface area contributed by atoms with Crippen LogP contribution in [0.5, 0.6) is 0 Å². The van der Waals surface area contributed by atoms with E-state index in [0.717, 1.165) is 0 Å². The van der Waals surface area contributed by atoms with Crippen LogP contribution in [0.25, 0.3) is 0 Å². The number of thiol groups is 1. The first kappa shape index (κ1) is 31.2. The van der Waals surface area contributed by atoms with Crippen molar-refractivity contribution < 1.29 is 34.2 Å². The molecule has 3 amide bonds. The fourth-order valence-corrected chi connectivity index (χ4v) is 3.20. The van der Waals surface area contributed by atoms with Gasteiger partial charge in [-0.2, -0.15) is 12.6 Å². The summed E-state index contributed by atoms with van der Waals surface area (Å²) in [6.45, 7) is 0.120. The van der Waals surface area contributed by atoms with Gasteiger partial charge in [-0.1, -0.05) is 0 Å². The Hall–Kier alpha value is -3.86. The van der Waals surface area contributed by atoms with E-state index in [9.17, 15) is 29.1 Å². The van der Waals surface area contributed by atoms with Crippen molar-refractivity contribution in [2.24, 2.45) is 22.2 Å². The van der Waals surface area contributed by atoms with E-state index in [1.54, 1.807) is 0 Å². The van der Waals surface area contributed by atoms with Gasteiger partial charge >= 0.3 is 11.9 Å². The zero-order chi connectivity index (χ0) is 28.0. The summed E-state index contributed by atoms with van der Waals surface area (Å²) in [7, 11) is 0. The lowest BCUT2D eigenvalue weighted by atomic mass is 10.1. The number of rotatable bonds is 17. The van der Waals surface area contributed by atoms with Gasteiger partial charge in [0.15, 0.2) is 5.96 Å². The molecule has 0 spiro atoms. The van der Waals surface area contributed by atoms with Gasteiger partial charge in [-0.3, -0.25) is 24.2 Å². The maximum Gasteiger partial charge on any atom is 0.326 e. The molecule has 12 N–H and O–H groups in total. The number of carboxylic acids is 2. The second-order valence-corrected chi connectivity index (χ2v) is 8.34. The molecule has 0 bridgehead atoms. The maximum atomic E-state index is 13.0. The molecule has 0 aliphatic heterocycles. The van der Waals surface area contributed by atoms with Crippen LogP contribution in [0, 0.1) is 0 Å². The third kappa shape index (κ3) is 12.1. The van der Waals surface area contributed by atoms with Crippen LogP contribution in [0.2, 0.25) is 0 Å². The number of carboxylic acid groups (broad SMARTS) is 2. The third-order valence-electron chi connectivity index (χ3n) is 4.99. The lowest BCUT2D eigenvalue weighted by molar-refractivity contribution is -0.142. The van der Waals surface area contributed by atoms with Gasteiger partial charge < -0.3 is 48.3 Å². The molecule has 17 heteroatoms. The molecule has 1 rings (SSSR count). The lowest BCUT2D eigenvalue weighted by Gasteiger charge is -2.25. The first-order chi connectivity index (χ1) is 17.4. The minimum atomic E-state index is -1.35. The summed E-state index contributed by atoms with van der Waals surface area (Å²) < 4.78 is 0. The smallest absolute Gasteiger partial charge is 0.326 e. The molecule has 0 saturated heterocycles. The Labute approximate surface area is 217 Å². The van der Waals surface area contributed by atoms with Gasteiger partial charge in [-0.05, 0) is 19.3 Å². The number of carbonyl (C=O) groups excluding carboxylic acids is 3. The summed E-state index contributed by atoms with van der Waals surface area (Å²) in [6, 6.07) is -4.99. The molecule has 4 atom stereocenters. The fraction of sp³-hybridized carbons (Fsp3) is 0.550. The second kappa shape index (κ2) is 16.0. The van der Waals surface area contributed by atoms with Gasteiger partial charge in [-0.25, -0.2) is 9.78 Å². The van der Waals surface area contributed by atoms with Crippen LogP contribution >= 0.6 is 12.6 Å². The lowest BCUT2D eigenvalue weighted by Crippen LogP contribution is -2.57. The van der Waals surface area contributed by atoms with Crippen molar-refractivity contribution in [3.8, 4) is 0 Å². The molecule has 0 radical (unpaired) electrons. The van der Waals surface area contributed by atoms with Gasteiger partial charge in [0.2, 0.25) is 17.7 Å². The number of aromatic nitrogens is 2. The number of carbonyl (C=O) groups is 5. The Bertz CT molecular complexity index is 954. The normalized spacial score (nSPS) is 13.9. The summed E-state index contributed by atoms with van der Waals surface area (Å²) in [5, 5.41) is 25.7. The molecule has 1 aromatic heterocycles. The summed E-state index contributed by atoms with van der Waals surface area (Å²) in [5.74, 6) is -5.14. The average Bonchev–Trinajstić information content (AvgIpc) is 3.35. The summed E-state index contributed by atoms with van der Waals surface area (Å²) >= 11 is 3.92. The number of aliphatic imine (C=N–C) groups is 1. The van der Waals surface area contributed by atoms with Gasteiger partial charge in [0, 0.05) is 37.0 Å². The SMILES string of the molecule is NC(N)=NCCCC(NC(=O)C(CCC(=O)O)NC(=O)C(N)CS)C(=O)NC(Cc1cnc[nH]1)C(=O)O. The number of nitrogens with two attached hydrogens (primary N) is 3. The van der Waals surface area contributed by atoms with E-state index in [1.807, 2.05) is 0 Å². The number of nitrogens with zero attached hydrogens (tertiary/aromatic N) is 2. The minimum absolute atomic E-state index is 0.000497. The van der Waals surface area contributed by atoms with Crippen LogP contribution in [-0.2, 0) is 30.4 Å². The number of hydrogen-bond acceptors (Lipinski definition) is 9. The molecule has 1 heterocycles. The van der Waals surface area contributed by atoms with Crippen LogP contribution in [-0.4, -0.2) is 92.3 Å². The Morgan fingerprint density at radius 3 is 2.11 bits per heavy atom. The molecule has 16 nitrogen and oxygen atoms in total. The van der Waals surface area contributed by atoms with Crippen LogP contribution in [0.3, 0.4) is 0 Å². The molecular formula is C20H33N9O7S. The zero-order valence-corrected chi connectivity index (χ0v) is 20.8. The Morgan fingerprint density at radius 2 is 1.59 bits per heavy atom. The summed E-state index contributed by atoms with van der Waals surface area (Å²) in [6.07, 6.45) is 2.14. The molecule has 206 valence electrons. The summed E-state index contributed by atoms with van der Waals surface area (Å²) in [5.41, 5.74) is 16.7. The van der Waals surface area contributed by atoms with Crippen LogP contribution < -0.4 is 33.2 Å². The van der Waals surface area contributed by atoms with Gasteiger partial charge in [0.1, 0.15) is 18.1 Å². The Morgan fingerprint density at radius 1 is 1.00 bits per heavy atom. The first-order valence-electron chi connectivity index (χ1n) is 11.2. The standard InChI is InChI=1S/C20H33N9O7S/c21-11(8-37)16(32)27-13(3-4-15(30)31)18(34)28-12(2-1-5-25-20(22)23)17(33)29-14(19(35)36)6-10-7-24-9-26-10/h7,9,11-14,37H,1-6,8,21H2,(H,24,26)(H,27,32)(H,28,34)(H,29,33)(H,30,31)(H,35,36)(H4,22,23,25). The van der Waals surface area contributed by atoms with Crippen molar-refractivity contribution in [1.82, 2.24) is 25.9 Å². The number of amides is 3. The zero-order valence-electron chi connectivity index (χ0n) is 19.9. The first-order valence-corrected chi connectivity index (χ1v) is 11.8. The number of H-pyrrole nitrogens is 1. The minimum Gasteiger partial charge on any atom is -0.481 e. The second-order valence-electron chi connectivity index (χ2n) is 7.97. The van der Waals surface area contributed by atoms with E-state index >= 15 is 0 Å². The average molecular weight is 544 g/mol. The van der Waals surface area contributed by atoms with Crippen molar-refractivity contribution in [2.45, 2.75) is 56.3 Å². The fourth-order valence-electron chi connectivity index (χ4n) is 3.03. The predicted molar refractivity (Wildman–Crippen MR) is 134 cm³/mol. The topological polar surface area (TPSA) is 281 Å². The molecule has 4 unspecified atom stereocenters. The van der Waals surface area contributed by atoms with Gasteiger partial charge in [-0.15, -0.1) is 0 Å². The number of guanidine groups is 1. The van der Waals surface area contributed by atoms with Crippen LogP contribution in [0.15, 0.2) is 17.5 Å². The van der Waals surface area contributed by atoms with Crippen LogP contribution in [0.4, 0.5) is 0 Å². The summed E-state index contributed by atoms with van der Waals surface area (Å²) in [4.78, 5) is 71.3. The van der Waals surface area contributed by atoms with Crippen molar-refractivity contribution in [3.05, 3.63) is 18.2 Å². The van der Waals surface area contributed by atoms with Gasteiger partial charge in [0.05, 0.1) is 12.4 Å². The number of hydrogen-bond donors (Lipinski definition) is 10. The number of aromatic amines is 1. The highest BCUT2D eigenvalue weighted by atomic mass is 32.1. The number of imidazole rings is 1. The highest BCUT2D eigenvalue weighted by molar-refractivity contribution is 7.80. The molecule has 37 heavy (non-hydrogen) atoms. The quantitative estimate of drug-likeness (QED) is 0.0401. The molecule has 0 aliphatic carbocycles. The molecule has 0 aromatic carbocycles. The molecule has 0 fully saturated rings. The highest BCUT2D eigenvalue weighted by Gasteiger charge is 2.30. The monoisotopic (exact) mass is 543 g/mol. The molecule has 0 aliphatic rings. The largest absolute Gasteiger partial charge is 0.481 e. The van der Waals surface area contributed by atoms with E-state index in [1.165, 1.54) is 12.5 Å². The number of nitrogens with one attached hydrogen (secondary N) is 4. The predicted octanol–water partition coefficient (Wildman–Crippen LogP) is -3.33. The van der Waals surface area contributed by atoms with Gasteiger partial charge in [0.25, 0.3) is 0 Å². The van der Waals surface area contributed by atoms with E-state index in [4.69, 9.17) is 22.3 Å². The Balaban J connectivity index is 3.05. The highest BCUT2D eigenvalue weighted by Crippen LogP contribution is 2.06. The molecule has 0 saturated carbocycles.